The van der Waals surface area contributed by atoms with Crippen LogP contribution in [0.2, 0.25) is 0 Å². The smallest absolute Gasteiger partial charge is 0.240 e. The first kappa shape index (κ1) is 16.3. The summed E-state index contributed by atoms with van der Waals surface area (Å²) in [6.45, 7) is 4.82. The molecule has 120 valence electrons. The largest absolute Gasteiger partial charge is 0.339 e. The highest BCUT2D eigenvalue weighted by Crippen LogP contribution is 2.28. The summed E-state index contributed by atoms with van der Waals surface area (Å²) in [4.78, 5) is 27.0. The molecule has 0 aromatic heterocycles. The van der Waals surface area contributed by atoms with Crippen molar-refractivity contribution in [1.29, 1.82) is 0 Å². The molecule has 1 saturated carbocycles. The molecule has 0 aromatic carbocycles. The van der Waals surface area contributed by atoms with Crippen molar-refractivity contribution in [3.63, 3.8) is 0 Å². The zero-order valence-corrected chi connectivity index (χ0v) is 13.6. The minimum atomic E-state index is -3.39. The first-order chi connectivity index (χ1) is 9.84. The van der Waals surface area contributed by atoms with Crippen LogP contribution in [0, 0.1) is 0 Å². The molecule has 0 radical (unpaired) electrons. The molecule has 0 spiro atoms. The van der Waals surface area contributed by atoms with Gasteiger partial charge in [-0.15, -0.1) is 0 Å². The molecule has 21 heavy (non-hydrogen) atoms. The average molecular weight is 316 g/mol. The predicted molar refractivity (Wildman–Crippen MR) is 79.5 cm³/mol. The van der Waals surface area contributed by atoms with Gasteiger partial charge < -0.3 is 9.80 Å². The van der Waals surface area contributed by atoms with Gasteiger partial charge in [0.05, 0.1) is 5.25 Å². The van der Waals surface area contributed by atoms with Crippen molar-refractivity contribution >= 4 is 21.7 Å². The van der Waals surface area contributed by atoms with Crippen LogP contribution in [-0.4, -0.2) is 66.7 Å². The van der Waals surface area contributed by atoms with Gasteiger partial charge in [-0.05, 0) is 19.8 Å². The van der Waals surface area contributed by atoms with E-state index >= 15 is 0 Å². The summed E-state index contributed by atoms with van der Waals surface area (Å²) in [5.74, 6) is -0.321. The number of carbonyl (C=O) groups excluding carboxylic acids is 2. The van der Waals surface area contributed by atoms with Gasteiger partial charge in [0.25, 0.3) is 0 Å². The molecule has 2 rings (SSSR count). The van der Waals surface area contributed by atoms with Gasteiger partial charge in [-0.3, -0.25) is 9.59 Å². The summed E-state index contributed by atoms with van der Waals surface area (Å²) < 4.78 is 25.0. The quantitative estimate of drug-likeness (QED) is 0.756. The first-order valence-corrected chi connectivity index (χ1v) is 9.22. The normalized spacial score (nSPS) is 22.4. The van der Waals surface area contributed by atoms with E-state index in [1.54, 1.807) is 9.80 Å². The van der Waals surface area contributed by atoms with Crippen LogP contribution in [0.4, 0.5) is 0 Å². The molecule has 0 aromatic rings. The summed E-state index contributed by atoms with van der Waals surface area (Å²) in [5.41, 5.74) is 0. The second kappa shape index (κ2) is 6.34. The SMILES string of the molecule is CC(=O)N1CCN(C(=O)[C@H](C)S(=O)(=O)C2CCCC2)CC1. The molecular formula is C14H24N2O4S. The highest BCUT2D eigenvalue weighted by Gasteiger charge is 2.39. The van der Waals surface area contributed by atoms with E-state index in [-0.39, 0.29) is 17.1 Å². The zero-order valence-electron chi connectivity index (χ0n) is 12.7. The van der Waals surface area contributed by atoms with E-state index in [1.165, 1.54) is 13.8 Å². The molecular weight excluding hydrogens is 292 g/mol. The summed E-state index contributed by atoms with van der Waals surface area (Å²) in [7, 11) is -3.39. The summed E-state index contributed by atoms with van der Waals surface area (Å²) in [6, 6.07) is 0. The molecule has 7 heteroatoms. The number of carbonyl (C=O) groups is 2. The monoisotopic (exact) mass is 316 g/mol. The average Bonchev–Trinajstić information content (AvgIpc) is 3.00. The van der Waals surface area contributed by atoms with Gasteiger partial charge in [0.1, 0.15) is 5.25 Å². The van der Waals surface area contributed by atoms with Crippen molar-refractivity contribution in [1.82, 2.24) is 9.80 Å². The Labute approximate surface area is 126 Å². The third-order valence-corrected chi connectivity index (χ3v) is 7.23. The fraction of sp³-hybridized carbons (Fsp3) is 0.857. The lowest BCUT2D eigenvalue weighted by atomic mass is 10.3. The van der Waals surface area contributed by atoms with Crippen LogP contribution in [0.15, 0.2) is 0 Å². The molecule has 1 aliphatic heterocycles. The molecule has 1 saturated heterocycles. The molecule has 0 unspecified atom stereocenters. The van der Waals surface area contributed by atoms with Crippen LogP contribution < -0.4 is 0 Å². The molecule has 2 aliphatic rings. The van der Waals surface area contributed by atoms with Crippen molar-refractivity contribution in [2.75, 3.05) is 26.2 Å². The third-order valence-electron chi connectivity index (χ3n) is 4.64. The lowest BCUT2D eigenvalue weighted by Gasteiger charge is -2.35. The van der Waals surface area contributed by atoms with Crippen LogP contribution in [0.25, 0.3) is 0 Å². The lowest BCUT2D eigenvalue weighted by Crippen LogP contribution is -2.53. The second-order valence-corrected chi connectivity index (χ2v) is 8.52. The van der Waals surface area contributed by atoms with E-state index in [2.05, 4.69) is 0 Å². The number of sulfone groups is 1. The number of piperazine rings is 1. The molecule has 2 fully saturated rings. The number of rotatable bonds is 3. The topological polar surface area (TPSA) is 74.8 Å². The van der Waals surface area contributed by atoms with Crippen LogP contribution >= 0.6 is 0 Å². The van der Waals surface area contributed by atoms with E-state index in [9.17, 15) is 18.0 Å². The Hall–Kier alpha value is -1.11. The predicted octanol–water partition coefficient (Wildman–Crippen LogP) is 0.423. The summed E-state index contributed by atoms with van der Waals surface area (Å²) in [6.07, 6.45) is 3.22. The molecule has 0 N–H and O–H groups in total. The zero-order chi connectivity index (χ0) is 15.6. The van der Waals surface area contributed by atoms with E-state index in [0.717, 1.165) is 12.8 Å². The summed E-state index contributed by atoms with van der Waals surface area (Å²) >= 11 is 0. The van der Waals surface area contributed by atoms with Gasteiger partial charge in [-0.25, -0.2) is 8.42 Å². The van der Waals surface area contributed by atoms with Crippen molar-refractivity contribution in [2.24, 2.45) is 0 Å². The van der Waals surface area contributed by atoms with E-state index in [4.69, 9.17) is 0 Å². The van der Waals surface area contributed by atoms with Crippen LogP contribution in [0.3, 0.4) is 0 Å². The number of hydrogen-bond acceptors (Lipinski definition) is 4. The van der Waals surface area contributed by atoms with Crippen molar-refractivity contribution in [3.8, 4) is 0 Å². The Kier molecular flexibility index (Phi) is 4.91. The Morgan fingerprint density at radius 1 is 1.00 bits per heavy atom. The number of nitrogens with zero attached hydrogens (tertiary/aromatic N) is 2. The minimum absolute atomic E-state index is 0.00581. The van der Waals surface area contributed by atoms with Gasteiger partial charge in [-0.1, -0.05) is 12.8 Å². The van der Waals surface area contributed by atoms with E-state index in [1.807, 2.05) is 0 Å². The van der Waals surface area contributed by atoms with Gasteiger partial charge in [0, 0.05) is 33.1 Å². The molecule has 1 atom stereocenters. The maximum absolute atomic E-state index is 12.5. The summed E-state index contributed by atoms with van der Waals surface area (Å²) in [5, 5.41) is -1.32. The molecule has 2 amide bonds. The standard InChI is InChI=1S/C14H24N2O4S/c1-11(21(19,20)13-5-3-4-6-13)14(18)16-9-7-15(8-10-16)12(2)17/h11,13H,3-10H2,1-2H3/t11-/m0/s1. The maximum Gasteiger partial charge on any atom is 0.240 e. The highest BCUT2D eigenvalue weighted by atomic mass is 32.2. The molecule has 1 aliphatic carbocycles. The Bertz CT molecular complexity index is 503. The Morgan fingerprint density at radius 2 is 1.48 bits per heavy atom. The lowest BCUT2D eigenvalue weighted by molar-refractivity contribution is -0.137. The van der Waals surface area contributed by atoms with Gasteiger partial charge >= 0.3 is 0 Å². The third kappa shape index (κ3) is 3.39. The van der Waals surface area contributed by atoms with Crippen molar-refractivity contribution in [3.05, 3.63) is 0 Å². The van der Waals surface area contributed by atoms with Crippen LogP contribution in [0.1, 0.15) is 39.5 Å². The fourth-order valence-corrected chi connectivity index (χ4v) is 5.14. The van der Waals surface area contributed by atoms with E-state index < -0.39 is 15.1 Å². The highest BCUT2D eigenvalue weighted by molar-refractivity contribution is 7.93. The van der Waals surface area contributed by atoms with E-state index in [0.29, 0.717) is 39.0 Å². The fourth-order valence-electron chi connectivity index (χ4n) is 3.14. The molecule has 0 bridgehead atoms. The number of hydrogen-bond donors (Lipinski definition) is 0. The van der Waals surface area contributed by atoms with Crippen molar-refractivity contribution < 1.29 is 18.0 Å². The maximum atomic E-state index is 12.5. The molecule has 6 nitrogen and oxygen atoms in total. The Balaban J connectivity index is 1.98. The van der Waals surface area contributed by atoms with Crippen LogP contribution in [-0.2, 0) is 19.4 Å². The van der Waals surface area contributed by atoms with Gasteiger partial charge in [-0.2, -0.15) is 0 Å². The number of amides is 2. The van der Waals surface area contributed by atoms with Crippen LogP contribution in [0.5, 0.6) is 0 Å². The van der Waals surface area contributed by atoms with Crippen molar-refractivity contribution in [2.45, 2.75) is 50.0 Å². The first-order valence-electron chi connectivity index (χ1n) is 7.61. The Morgan fingerprint density at radius 3 is 1.95 bits per heavy atom. The van der Waals surface area contributed by atoms with Gasteiger partial charge in [0.2, 0.25) is 11.8 Å². The van der Waals surface area contributed by atoms with Gasteiger partial charge in [0.15, 0.2) is 9.84 Å². The molecule has 1 heterocycles. The second-order valence-electron chi connectivity index (χ2n) is 5.97. The minimum Gasteiger partial charge on any atom is -0.339 e.